The number of carbonyl (C=O) groups excluding carboxylic acids is 2. The molecule has 26 heavy (non-hydrogen) atoms. The van der Waals surface area contributed by atoms with Crippen LogP contribution in [0.5, 0.6) is 11.5 Å². The third-order valence-corrected chi connectivity index (χ3v) is 4.45. The van der Waals surface area contributed by atoms with Crippen LogP contribution in [0.25, 0.3) is 0 Å². The van der Waals surface area contributed by atoms with Gasteiger partial charge in [-0.3, -0.25) is 4.79 Å². The van der Waals surface area contributed by atoms with Crippen molar-refractivity contribution in [2.24, 2.45) is 0 Å². The van der Waals surface area contributed by atoms with Crippen LogP contribution in [0.15, 0.2) is 36.4 Å². The smallest absolute Gasteiger partial charge is 0.343 e. The van der Waals surface area contributed by atoms with Gasteiger partial charge in [-0.15, -0.1) is 0 Å². The van der Waals surface area contributed by atoms with Crippen LogP contribution in [0.3, 0.4) is 0 Å². The van der Waals surface area contributed by atoms with Crippen LogP contribution < -0.4 is 14.4 Å². The quantitative estimate of drug-likeness (QED) is 0.585. The molecule has 0 fully saturated rings. The largest absolute Gasteiger partial charge is 0.493 e. The Bertz CT molecular complexity index is 842. The molecule has 1 heterocycles. The van der Waals surface area contributed by atoms with Crippen molar-refractivity contribution >= 4 is 17.4 Å². The number of hydrogen-bond acceptors (Lipinski definition) is 6. The molecular weight excluding hydrogens is 334 g/mol. The van der Waals surface area contributed by atoms with Gasteiger partial charge in [0.25, 0.3) is 0 Å². The number of fused-ring (bicyclic) bond motifs is 1. The minimum absolute atomic E-state index is 0.0789. The van der Waals surface area contributed by atoms with Crippen LogP contribution in [-0.4, -0.2) is 40.1 Å². The Hall–Kier alpha value is -3.02. The summed E-state index contributed by atoms with van der Waals surface area (Å²) in [5.74, 6) is 0.196. The van der Waals surface area contributed by atoms with E-state index in [0.29, 0.717) is 28.2 Å². The van der Waals surface area contributed by atoms with Gasteiger partial charge in [0.1, 0.15) is 11.7 Å². The van der Waals surface area contributed by atoms with Crippen LogP contribution in [0.2, 0.25) is 0 Å². The first-order valence-corrected chi connectivity index (χ1v) is 8.22. The number of Topliss-reactive ketones (excluding diaryl/α,β-unsaturated/α-hetero) is 1. The van der Waals surface area contributed by atoms with Crippen LogP contribution in [0.4, 0.5) is 5.69 Å². The number of hydrogen-bond donors (Lipinski definition) is 0. The molecule has 0 radical (unpaired) electrons. The van der Waals surface area contributed by atoms with Gasteiger partial charge in [0.05, 0.1) is 20.6 Å². The monoisotopic (exact) mass is 355 g/mol. The normalized spacial score (nSPS) is 15.2. The third kappa shape index (κ3) is 3.10. The highest BCUT2D eigenvalue weighted by atomic mass is 16.6. The fourth-order valence-electron chi connectivity index (χ4n) is 3.06. The SMILES string of the molecule is COc1ccc2c(c1OC)C(=O)O[C@@H]2CC(=O)c1ccc(N(C)C)cc1. The van der Waals surface area contributed by atoms with Crippen LogP contribution in [0, 0.1) is 0 Å². The van der Waals surface area contributed by atoms with Gasteiger partial charge >= 0.3 is 5.97 Å². The van der Waals surface area contributed by atoms with Crippen molar-refractivity contribution in [3.05, 3.63) is 53.1 Å². The summed E-state index contributed by atoms with van der Waals surface area (Å²) in [7, 11) is 6.85. The number of benzene rings is 2. The molecule has 0 spiro atoms. The molecule has 136 valence electrons. The Kier molecular flexibility index (Phi) is 4.84. The number of cyclic esters (lactones) is 1. The molecule has 1 aliphatic rings. The minimum atomic E-state index is -0.627. The highest BCUT2D eigenvalue weighted by molar-refractivity contribution is 6.01. The Labute approximate surface area is 152 Å². The second kappa shape index (κ2) is 7.07. The predicted molar refractivity (Wildman–Crippen MR) is 97.4 cm³/mol. The van der Waals surface area contributed by atoms with E-state index in [1.54, 1.807) is 24.3 Å². The second-order valence-corrected chi connectivity index (χ2v) is 6.23. The predicted octanol–water partition coefficient (Wildman–Crippen LogP) is 3.25. The number of nitrogens with zero attached hydrogens (tertiary/aromatic N) is 1. The van der Waals surface area contributed by atoms with E-state index >= 15 is 0 Å². The molecular formula is C20H21NO5. The van der Waals surface area contributed by atoms with Crippen molar-refractivity contribution in [3.63, 3.8) is 0 Å². The van der Waals surface area contributed by atoms with Gasteiger partial charge < -0.3 is 19.1 Å². The highest BCUT2D eigenvalue weighted by Crippen LogP contribution is 2.43. The van der Waals surface area contributed by atoms with Crippen molar-refractivity contribution < 1.29 is 23.8 Å². The molecule has 6 nitrogen and oxygen atoms in total. The van der Waals surface area contributed by atoms with Crippen molar-refractivity contribution in [2.75, 3.05) is 33.2 Å². The number of carbonyl (C=O) groups is 2. The summed E-state index contributed by atoms with van der Waals surface area (Å²) in [4.78, 5) is 26.9. The van der Waals surface area contributed by atoms with E-state index in [2.05, 4.69) is 0 Å². The van der Waals surface area contributed by atoms with Crippen molar-refractivity contribution in [1.29, 1.82) is 0 Å². The minimum Gasteiger partial charge on any atom is -0.493 e. The summed E-state index contributed by atoms with van der Waals surface area (Å²) in [6.45, 7) is 0. The maximum absolute atomic E-state index is 12.6. The zero-order valence-electron chi connectivity index (χ0n) is 15.2. The molecule has 6 heteroatoms. The number of rotatable bonds is 6. The van der Waals surface area contributed by atoms with E-state index in [0.717, 1.165) is 5.69 Å². The Balaban J connectivity index is 1.85. The Morgan fingerprint density at radius 1 is 1.08 bits per heavy atom. The fourth-order valence-corrected chi connectivity index (χ4v) is 3.06. The maximum Gasteiger partial charge on any atom is 0.343 e. The summed E-state index contributed by atoms with van der Waals surface area (Å²) in [5.41, 5.74) is 2.56. The molecule has 0 amide bonds. The van der Waals surface area contributed by atoms with Crippen molar-refractivity contribution in [2.45, 2.75) is 12.5 Å². The lowest BCUT2D eigenvalue weighted by Gasteiger charge is -2.14. The van der Waals surface area contributed by atoms with Gasteiger partial charge in [0.2, 0.25) is 0 Å². The summed E-state index contributed by atoms with van der Waals surface area (Å²) >= 11 is 0. The van der Waals surface area contributed by atoms with E-state index in [-0.39, 0.29) is 12.2 Å². The zero-order valence-corrected chi connectivity index (χ0v) is 15.2. The molecule has 3 rings (SSSR count). The van der Waals surface area contributed by atoms with Crippen LogP contribution in [0.1, 0.15) is 38.8 Å². The summed E-state index contributed by atoms with van der Waals surface area (Å²) in [6.07, 6.45) is -0.548. The average molecular weight is 355 g/mol. The van der Waals surface area contributed by atoms with Gasteiger partial charge in [-0.05, 0) is 30.3 Å². The fraction of sp³-hybridized carbons (Fsp3) is 0.300. The molecule has 0 unspecified atom stereocenters. The van der Waals surface area contributed by atoms with Gasteiger partial charge in [0.15, 0.2) is 17.3 Å². The van der Waals surface area contributed by atoms with E-state index in [1.165, 1.54) is 14.2 Å². The summed E-state index contributed by atoms with van der Waals surface area (Å²) in [6, 6.07) is 10.8. The molecule has 0 saturated carbocycles. The van der Waals surface area contributed by atoms with E-state index in [4.69, 9.17) is 14.2 Å². The number of ether oxygens (including phenoxy) is 3. The number of methoxy groups -OCH3 is 2. The maximum atomic E-state index is 12.6. The van der Waals surface area contributed by atoms with E-state index in [1.807, 2.05) is 31.1 Å². The first-order chi connectivity index (χ1) is 12.5. The van der Waals surface area contributed by atoms with Crippen LogP contribution in [-0.2, 0) is 4.74 Å². The molecule has 1 atom stereocenters. The Morgan fingerprint density at radius 3 is 2.35 bits per heavy atom. The van der Waals surface area contributed by atoms with E-state index in [9.17, 15) is 9.59 Å². The third-order valence-electron chi connectivity index (χ3n) is 4.45. The Morgan fingerprint density at radius 2 is 1.77 bits per heavy atom. The molecule has 2 aromatic carbocycles. The molecule has 0 saturated heterocycles. The summed E-state index contributed by atoms with van der Waals surface area (Å²) < 4.78 is 16.0. The molecule has 0 N–H and O–H groups in total. The number of ketones is 1. The molecule has 0 bridgehead atoms. The number of esters is 1. The number of anilines is 1. The van der Waals surface area contributed by atoms with Gasteiger partial charge in [-0.1, -0.05) is 6.07 Å². The molecule has 0 aliphatic carbocycles. The first kappa shape index (κ1) is 17.8. The molecule has 2 aromatic rings. The lowest BCUT2D eigenvalue weighted by Crippen LogP contribution is -2.10. The molecule has 0 aromatic heterocycles. The van der Waals surface area contributed by atoms with E-state index < -0.39 is 12.1 Å². The van der Waals surface area contributed by atoms with Crippen LogP contribution >= 0.6 is 0 Å². The van der Waals surface area contributed by atoms with Crippen molar-refractivity contribution in [1.82, 2.24) is 0 Å². The summed E-state index contributed by atoms with van der Waals surface area (Å²) in [5, 5.41) is 0. The zero-order chi connectivity index (χ0) is 18.8. The lowest BCUT2D eigenvalue weighted by molar-refractivity contribution is 0.0365. The average Bonchev–Trinajstić information content (AvgIpc) is 2.96. The first-order valence-electron chi connectivity index (χ1n) is 8.22. The highest BCUT2D eigenvalue weighted by Gasteiger charge is 2.36. The standard InChI is InChI=1S/C20H21NO5/c1-21(2)13-7-5-12(6-8-13)15(22)11-17-14-9-10-16(24-3)19(25-4)18(14)20(23)26-17/h5-10,17H,11H2,1-4H3/t17-/m1/s1. The second-order valence-electron chi connectivity index (χ2n) is 6.23. The van der Waals surface area contributed by atoms with Gasteiger partial charge in [-0.2, -0.15) is 0 Å². The lowest BCUT2D eigenvalue weighted by atomic mass is 9.97. The van der Waals surface area contributed by atoms with Gasteiger partial charge in [0, 0.05) is 30.9 Å². The molecule has 1 aliphatic heterocycles. The van der Waals surface area contributed by atoms with Gasteiger partial charge in [-0.25, -0.2) is 4.79 Å². The topological polar surface area (TPSA) is 65.1 Å². The van der Waals surface area contributed by atoms with Crippen molar-refractivity contribution in [3.8, 4) is 11.5 Å².